The molecular formula is C12H18N2. The summed E-state index contributed by atoms with van der Waals surface area (Å²) < 4.78 is 0. The summed E-state index contributed by atoms with van der Waals surface area (Å²) in [5.41, 5.74) is 2.53. The number of nitrogens with zero attached hydrogens (tertiary/aromatic N) is 2. The monoisotopic (exact) mass is 190 g/mol. The molecule has 76 valence electrons. The highest BCUT2D eigenvalue weighted by atomic mass is 15.1. The number of hydrogen-bond donors (Lipinski definition) is 0. The lowest BCUT2D eigenvalue weighted by molar-refractivity contribution is 0.221. The Labute approximate surface area is 86.0 Å². The van der Waals surface area contributed by atoms with Crippen LogP contribution in [0.4, 0.5) is 0 Å². The van der Waals surface area contributed by atoms with E-state index >= 15 is 0 Å². The van der Waals surface area contributed by atoms with Crippen LogP contribution >= 0.6 is 0 Å². The lowest BCUT2D eigenvalue weighted by atomic mass is 10.1. The molecule has 0 atom stereocenters. The van der Waals surface area contributed by atoms with Crippen LogP contribution in [-0.2, 0) is 6.54 Å². The van der Waals surface area contributed by atoms with Crippen LogP contribution in [0.5, 0.6) is 0 Å². The predicted molar refractivity (Wildman–Crippen MR) is 58.1 cm³/mol. The Morgan fingerprint density at radius 3 is 2.79 bits per heavy atom. The van der Waals surface area contributed by atoms with E-state index in [0.717, 1.165) is 12.2 Å². The van der Waals surface area contributed by atoms with E-state index in [1.165, 1.54) is 37.9 Å². The summed E-state index contributed by atoms with van der Waals surface area (Å²) in [5, 5.41) is 0. The molecular weight excluding hydrogens is 172 g/mol. The van der Waals surface area contributed by atoms with E-state index in [0.29, 0.717) is 0 Å². The molecule has 1 fully saturated rings. The van der Waals surface area contributed by atoms with Crippen LogP contribution in [0.25, 0.3) is 0 Å². The number of likely N-dealkylation sites (tertiary alicyclic amines) is 1. The summed E-state index contributed by atoms with van der Waals surface area (Å²) in [5.74, 6) is 0. The van der Waals surface area contributed by atoms with Crippen molar-refractivity contribution in [3.63, 3.8) is 0 Å². The van der Waals surface area contributed by atoms with E-state index in [1.54, 1.807) is 0 Å². The summed E-state index contributed by atoms with van der Waals surface area (Å²) in [6.45, 7) is 5.69. The smallest absolute Gasteiger partial charge is 0.0375 e. The van der Waals surface area contributed by atoms with Gasteiger partial charge in [0.1, 0.15) is 0 Å². The Balaban J connectivity index is 1.95. The van der Waals surface area contributed by atoms with Gasteiger partial charge < -0.3 is 0 Å². The molecule has 1 aromatic heterocycles. The van der Waals surface area contributed by atoms with Crippen molar-refractivity contribution in [3.05, 3.63) is 29.6 Å². The largest absolute Gasteiger partial charge is 0.299 e. The number of aromatic nitrogens is 1. The minimum absolute atomic E-state index is 1.10. The maximum atomic E-state index is 4.21. The topological polar surface area (TPSA) is 16.1 Å². The number of pyridine rings is 1. The minimum Gasteiger partial charge on any atom is -0.299 e. The van der Waals surface area contributed by atoms with E-state index in [-0.39, 0.29) is 0 Å². The van der Waals surface area contributed by atoms with Crippen molar-refractivity contribution in [2.45, 2.75) is 32.7 Å². The van der Waals surface area contributed by atoms with Gasteiger partial charge in [0.25, 0.3) is 0 Å². The molecule has 2 heteroatoms. The molecule has 0 aliphatic carbocycles. The second-order valence-electron chi connectivity index (χ2n) is 4.14. The Hall–Kier alpha value is -0.890. The molecule has 2 heterocycles. The molecule has 0 unspecified atom stereocenters. The summed E-state index contributed by atoms with van der Waals surface area (Å²) in [6, 6.07) is 4.32. The second kappa shape index (κ2) is 4.56. The SMILES string of the molecule is Cc1cc(CN2CCCCC2)ccn1. The average Bonchev–Trinajstić information content (AvgIpc) is 2.19. The number of aryl methyl sites for hydroxylation is 1. The lowest BCUT2D eigenvalue weighted by Gasteiger charge is -2.26. The zero-order valence-electron chi connectivity index (χ0n) is 8.87. The van der Waals surface area contributed by atoms with Crippen molar-refractivity contribution in [1.29, 1.82) is 0 Å². The van der Waals surface area contributed by atoms with Gasteiger partial charge in [0.05, 0.1) is 0 Å². The van der Waals surface area contributed by atoms with Crippen LogP contribution in [0.15, 0.2) is 18.3 Å². The van der Waals surface area contributed by atoms with Crippen molar-refractivity contribution >= 4 is 0 Å². The molecule has 0 saturated carbocycles. The van der Waals surface area contributed by atoms with Crippen LogP contribution in [0.1, 0.15) is 30.5 Å². The van der Waals surface area contributed by atoms with Crippen LogP contribution in [0.3, 0.4) is 0 Å². The van der Waals surface area contributed by atoms with E-state index < -0.39 is 0 Å². The van der Waals surface area contributed by atoms with Crippen LogP contribution in [0.2, 0.25) is 0 Å². The van der Waals surface area contributed by atoms with Crippen LogP contribution < -0.4 is 0 Å². The molecule has 0 aromatic carbocycles. The van der Waals surface area contributed by atoms with Gasteiger partial charge in [0.2, 0.25) is 0 Å². The molecule has 0 amide bonds. The Bertz CT molecular complexity index is 290. The van der Waals surface area contributed by atoms with Crippen molar-refractivity contribution in [1.82, 2.24) is 9.88 Å². The van der Waals surface area contributed by atoms with Crippen molar-refractivity contribution < 1.29 is 0 Å². The Kier molecular flexibility index (Phi) is 3.14. The predicted octanol–water partition coefficient (Wildman–Crippen LogP) is 2.38. The Morgan fingerprint density at radius 2 is 2.07 bits per heavy atom. The quantitative estimate of drug-likeness (QED) is 0.711. The molecule has 1 aliphatic rings. The number of rotatable bonds is 2. The van der Waals surface area contributed by atoms with E-state index in [2.05, 4.69) is 28.9 Å². The molecule has 14 heavy (non-hydrogen) atoms. The van der Waals surface area contributed by atoms with Crippen LogP contribution in [0, 0.1) is 6.92 Å². The standard InChI is InChI=1S/C12H18N2/c1-11-9-12(5-6-13-11)10-14-7-3-2-4-8-14/h5-6,9H,2-4,7-8,10H2,1H3. The first-order chi connectivity index (χ1) is 6.84. The van der Waals surface area contributed by atoms with Gasteiger partial charge in [-0.15, -0.1) is 0 Å². The van der Waals surface area contributed by atoms with Gasteiger partial charge >= 0.3 is 0 Å². The molecule has 0 bridgehead atoms. The molecule has 2 rings (SSSR count). The van der Waals surface area contributed by atoms with Crippen molar-refractivity contribution in [2.24, 2.45) is 0 Å². The summed E-state index contributed by atoms with van der Waals surface area (Å²) in [7, 11) is 0. The highest BCUT2D eigenvalue weighted by Crippen LogP contribution is 2.12. The van der Waals surface area contributed by atoms with Gasteiger partial charge in [0, 0.05) is 18.4 Å². The van der Waals surface area contributed by atoms with E-state index in [4.69, 9.17) is 0 Å². The molecule has 0 N–H and O–H groups in total. The molecule has 0 spiro atoms. The fraction of sp³-hybridized carbons (Fsp3) is 0.583. The van der Waals surface area contributed by atoms with E-state index in [1.807, 2.05) is 6.20 Å². The third kappa shape index (κ3) is 2.55. The zero-order valence-corrected chi connectivity index (χ0v) is 8.87. The van der Waals surface area contributed by atoms with Crippen molar-refractivity contribution in [2.75, 3.05) is 13.1 Å². The maximum absolute atomic E-state index is 4.21. The minimum atomic E-state index is 1.10. The first-order valence-corrected chi connectivity index (χ1v) is 5.48. The highest BCUT2D eigenvalue weighted by molar-refractivity contribution is 5.15. The second-order valence-corrected chi connectivity index (χ2v) is 4.14. The third-order valence-corrected chi connectivity index (χ3v) is 2.82. The van der Waals surface area contributed by atoms with Gasteiger partial charge in [-0.25, -0.2) is 0 Å². The van der Waals surface area contributed by atoms with E-state index in [9.17, 15) is 0 Å². The van der Waals surface area contributed by atoms with Crippen molar-refractivity contribution in [3.8, 4) is 0 Å². The van der Waals surface area contributed by atoms with Crippen LogP contribution in [-0.4, -0.2) is 23.0 Å². The number of piperidine rings is 1. The fourth-order valence-electron chi connectivity index (χ4n) is 2.08. The summed E-state index contributed by atoms with van der Waals surface area (Å²) in [6.07, 6.45) is 6.05. The first kappa shape index (κ1) is 9.66. The normalized spacial score (nSPS) is 18.4. The third-order valence-electron chi connectivity index (χ3n) is 2.82. The zero-order chi connectivity index (χ0) is 9.80. The molecule has 0 radical (unpaired) electrons. The number of hydrogen-bond acceptors (Lipinski definition) is 2. The van der Waals surface area contributed by atoms with Gasteiger partial charge in [-0.2, -0.15) is 0 Å². The Morgan fingerprint density at radius 1 is 1.29 bits per heavy atom. The van der Waals surface area contributed by atoms with Gasteiger partial charge in [0.15, 0.2) is 0 Å². The molecule has 1 aliphatic heterocycles. The highest BCUT2D eigenvalue weighted by Gasteiger charge is 2.09. The summed E-state index contributed by atoms with van der Waals surface area (Å²) in [4.78, 5) is 6.75. The van der Waals surface area contributed by atoms with Gasteiger partial charge in [-0.05, 0) is 50.6 Å². The maximum Gasteiger partial charge on any atom is 0.0375 e. The lowest BCUT2D eigenvalue weighted by Crippen LogP contribution is -2.29. The molecule has 1 aromatic rings. The first-order valence-electron chi connectivity index (χ1n) is 5.48. The fourth-order valence-corrected chi connectivity index (χ4v) is 2.08. The molecule has 1 saturated heterocycles. The van der Waals surface area contributed by atoms with Gasteiger partial charge in [-0.1, -0.05) is 6.42 Å². The molecule has 2 nitrogen and oxygen atoms in total. The average molecular weight is 190 g/mol. The summed E-state index contributed by atoms with van der Waals surface area (Å²) >= 11 is 0. The van der Waals surface area contributed by atoms with Gasteiger partial charge in [-0.3, -0.25) is 9.88 Å².